The highest BCUT2D eigenvalue weighted by molar-refractivity contribution is 5.63. The molecule has 2 rings (SSSR count). The van der Waals surface area contributed by atoms with Crippen LogP contribution in [0.5, 0.6) is 0 Å². The summed E-state index contributed by atoms with van der Waals surface area (Å²) < 4.78 is 18.4. The van der Waals surface area contributed by atoms with E-state index in [9.17, 15) is 4.39 Å². The molecule has 0 bridgehead atoms. The van der Waals surface area contributed by atoms with Crippen LogP contribution >= 0.6 is 0 Å². The molecule has 0 atom stereocenters. The SMILES string of the molecule is CC(C)(C)c1nc(-c2ccc(F)c(N)c2)co1. The maximum atomic E-state index is 13.0. The van der Waals surface area contributed by atoms with Crippen LogP contribution < -0.4 is 5.73 Å². The highest BCUT2D eigenvalue weighted by Crippen LogP contribution is 2.27. The van der Waals surface area contributed by atoms with Crippen molar-refractivity contribution in [2.45, 2.75) is 26.2 Å². The summed E-state index contributed by atoms with van der Waals surface area (Å²) in [5.74, 6) is 0.226. The van der Waals surface area contributed by atoms with Gasteiger partial charge in [-0.3, -0.25) is 0 Å². The summed E-state index contributed by atoms with van der Waals surface area (Å²) in [4.78, 5) is 4.38. The molecule has 1 aromatic carbocycles. The lowest BCUT2D eigenvalue weighted by molar-refractivity contribution is 0.392. The molecule has 4 heteroatoms. The fourth-order valence-electron chi connectivity index (χ4n) is 1.45. The second kappa shape index (κ2) is 3.87. The summed E-state index contributed by atoms with van der Waals surface area (Å²) in [6.45, 7) is 6.05. The third-order valence-electron chi connectivity index (χ3n) is 2.44. The Hall–Kier alpha value is -1.84. The number of hydrogen-bond acceptors (Lipinski definition) is 3. The number of anilines is 1. The Kier molecular flexibility index (Phi) is 2.65. The van der Waals surface area contributed by atoms with Gasteiger partial charge < -0.3 is 10.2 Å². The van der Waals surface area contributed by atoms with Crippen molar-refractivity contribution in [2.24, 2.45) is 0 Å². The first-order valence-corrected chi connectivity index (χ1v) is 5.39. The number of benzene rings is 1. The molecule has 1 aromatic heterocycles. The number of halogens is 1. The summed E-state index contributed by atoms with van der Waals surface area (Å²) in [7, 11) is 0. The molecular formula is C13H15FN2O. The van der Waals surface area contributed by atoms with E-state index in [1.807, 2.05) is 20.8 Å². The molecule has 0 radical (unpaired) electrons. The van der Waals surface area contributed by atoms with Gasteiger partial charge in [0.15, 0.2) is 5.89 Å². The Morgan fingerprint density at radius 3 is 2.53 bits per heavy atom. The summed E-state index contributed by atoms with van der Waals surface area (Å²) in [5, 5.41) is 0. The number of nitrogen functional groups attached to an aromatic ring is 1. The van der Waals surface area contributed by atoms with Crippen LogP contribution in [0.3, 0.4) is 0 Å². The zero-order chi connectivity index (χ0) is 12.6. The van der Waals surface area contributed by atoms with Crippen molar-refractivity contribution >= 4 is 5.69 Å². The summed E-state index contributed by atoms with van der Waals surface area (Å²) in [6, 6.07) is 4.52. The molecule has 0 aliphatic heterocycles. The predicted molar refractivity (Wildman–Crippen MR) is 65.0 cm³/mol. The standard InChI is InChI=1S/C13H15FN2O/c1-13(2,3)12-16-11(7-17-12)8-4-5-9(14)10(15)6-8/h4-7H,15H2,1-3H3. The van der Waals surface area contributed by atoms with E-state index in [2.05, 4.69) is 4.98 Å². The summed E-state index contributed by atoms with van der Waals surface area (Å²) in [6.07, 6.45) is 1.56. The van der Waals surface area contributed by atoms with Crippen LogP contribution in [0.4, 0.5) is 10.1 Å². The number of aromatic nitrogens is 1. The molecule has 0 aliphatic rings. The first kappa shape index (κ1) is 11.6. The van der Waals surface area contributed by atoms with Gasteiger partial charge in [-0.25, -0.2) is 9.37 Å². The van der Waals surface area contributed by atoms with E-state index in [4.69, 9.17) is 10.2 Å². The van der Waals surface area contributed by atoms with Gasteiger partial charge >= 0.3 is 0 Å². The second-order valence-electron chi connectivity index (χ2n) is 5.02. The molecule has 0 fully saturated rings. The van der Waals surface area contributed by atoms with E-state index >= 15 is 0 Å². The van der Waals surface area contributed by atoms with Crippen LogP contribution in [-0.4, -0.2) is 4.98 Å². The third kappa shape index (κ3) is 2.30. The lowest BCUT2D eigenvalue weighted by Crippen LogP contribution is -2.11. The molecule has 2 N–H and O–H groups in total. The first-order chi connectivity index (χ1) is 7.88. The minimum absolute atomic E-state index is 0.114. The van der Waals surface area contributed by atoms with Gasteiger partial charge in [0.2, 0.25) is 0 Å². The molecule has 1 heterocycles. The summed E-state index contributed by atoms with van der Waals surface area (Å²) >= 11 is 0. The van der Waals surface area contributed by atoms with Crippen LogP contribution in [0.15, 0.2) is 28.9 Å². The Balaban J connectivity index is 2.40. The molecule has 2 aromatic rings. The highest BCUT2D eigenvalue weighted by atomic mass is 19.1. The van der Waals surface area contributed by atoms with Gasteiger partial charge in [-0.15, -0.1) is 0 Å². The van der Waals surface area contributed by atoms with Gasteiger partial charge in [-0.2, -0.15) is 0 Å². The van der Waals surface area contributed by atoms with Crippen molar-refractivity contribution in [3.05, 3.63) is 36.2 Å². The van der Waals surface area contributed by atoms with E-state index < -0.39 is 5.82 Å². The van der Waals surface area contributed by atoms with Gasteiger partial charge in [0, 0.05) is 11.0 Å². The van der Waals surface area contributed by atoms with Crippen molar-refractivity contribution in [1.82, 2.24) is 4.98 Å². The second-order valence-corrected chi connectivity index (χ2v) is 5.02. The predicted octanol–water partition coefficient (Wildman–Crippen LogP) is 3.36. The lowest BCUT2D eigenvalue weighted by atomic mass is 9.97. The average Bonchev–Trinajstić information content (AvgIpc) is 2.70. The smallest absolute Gasteiger partial charge is 0.199 e. The van der Waals surface area contributed by atoms with Crippen LogP contribution in [0, 0.1) is 5.82 Å². The molecule has 0 saturated heterocycles. The van der Waals surface area contributed by atoms with Gasteiger partial charge in [0.25, 0.3) is 0 Å². The Labute approximate surface area is 99.5 Å². The van der Waals surface area contributed by atoms with E-state index in [1.165, 1.54) is 6.07 Å². The van der Waals surface area contributed by atoms with Gasteiger partial charge in [-0.05, 0) is 18.2 Å². The van der Waals surface area contributed by atoms with Crippen LogP contribution in [0.1, 0.15) is 26.7 Å². The van der Waals surface area contributed by atoms with Crippen LogP contribution in [-0.2, 0) is 5.41 Å². The Morgan fingerprint density at radius 2 is 2.00 bits per heavy atom. The minimum atomic E-state index is -0.423. The molecule has 0 unspecified atom stereocenters. The van der Waals surface area contributed by atoms with Crippen LogP contribution in [0.25, 0.3) is 11.3 Å². The molecular weight excluding hydrogens is 219 g/mol. The van der Waals surface area contributed by atoms with Gasteiger partial charge in [0.05, 0.1) is 5.69 Å². The topological polar surface area (TPSA) is 52.0 Å². The number of hydrogen-bond donors (Lipinski definition) is 1. The Morgan fingerprint density at radius 1 is 1.29 bits per heavy atom. The largest absolute Gasteiger partial charge is 0.448 e. The lowest BCUT2D eigenvalue weighted by Gasteiger charge is -2.11. The average molecular weight is 234 g/mol. The molecule has 0 saturated carbocycles. The number of rotatable bonds is 1. The molecule has 0 amide bonds. The molecule has 0 spiro atoms. The third-order valence-corrected chi connectivity index (χ3v) is 2.44. The molecule has 3 nitrogen and oxygen atoms in total. The van der Waals surface area contributed by atoms with Gasteiger partial charge in [0.1, 0.15) is 17.8 Å². The van der Waals surface area contributed by atoms with E-state index in [0.29, 0.717) is 11.6 Å². The van der Waals surface area contributed by atoms with E-state index in [-0.39, 0.29) is 11.1 Å². The van der Waals surface area contributed by atoms with E-state index in [0.717, 1.165) is 5.56 Å². The van der Waals surface area contributed by atoms with E-state index in [1.54, 1.807) is 18.4 Å². The van der Waals surface area contributed by atoms with Crippen LogP contribution in [0.2, 0.25) is 0 Å². The molecule has 0 aliphatic carbocycles. The Bertz CT molecular complexity index is 541. The fourth-order valence-corrected chi connectivity index (χ4v) is 1.45. The van der Waals surface area contributed by atoms with Crippen molar-refractivity contribution in [3.8, 4) is 11.3 Å². The van der Waals surface area contributed by atoms with Crippen molar-refractivity contribution in [2.75, 3.05) is 5.73 Å². The zero-order valence-electron chi connectivity index (χ0n) is 10.1. The first-order valence-electron chi connectivity index (χ1n) is 5.39. The number of oxazole rings is 1. The monoisotopic (exact) mass is 234 g/mol. The fraction of sp³-hybridized carbons (Fsp3) is 0.308. The van der Waals surface area contributed by atoms with Gasteiger partial charge in [-0.1, -0.05) is 20.8 Å². The molecule has 17 heavy (non-hydrogen) atoms. The van der Waals surface area contributed by atoms with Crippen molar-refractivity contribution in [1.29, 1.82) is 0 Å². The van der Waals surface area contributed by atoms with Crippen molar-refractivity contribution < 1.29 is 8.81 Å². The zero-order valence-corrected chi connectivity index (χ0v) is 10.1. The highest BCUT2D eigenvalue weighted by Gasteiger charge is 2.20. The van der Waals surface area contributed by atoms with Crippen molar-refractivity contribution in [3.63, 3.8) is 0 Å². The normalized spacial score (nSPS) is 11.8. The maximum Gasteiger partial charge on any atom is 0.199 e. The number of nitrogens with two attached hydrogens (primary N) is 1. The maximum absolute atomic E-state index is 13.0. The molecule has 90 valence electrons. The number of nitrogens with zero attached hydrogens (tertiary/aromatic N) is 1. The quantitative estimate of drug-likeness (QED) is 0.770. The minimum Gasteiger partial charge on any atom is -0.448 e. The summed E-state index contributed by atoms with van der Waals surface area (Å²) in [5.41, 5.74) is 6.90.